The summed E-state index contributed by atoms with van der Waals surface area (Å²) in [6, 6.07) is 0. The minimum atomic E-state index is 0. The molecule has 4 heteroatoms. The summed E-state index contributed by atoms with van der Waals surface area (Å²) in [5.74, 6) is 0. The fourth-order valence-electron chi connectivity index (χ4n) is 0. The van der Waals surface area contributed by atoms with Crippen molar-refractivity contribution in [3.63, 3.8) is 0 Å². The van der Waals surface area contributed by atoms with E-state index < -0.39 is 0 Å². The Morgan fingerprint density at radius 1 is 1.00 bits per heavy atom. The van der Waals surface area contributed by atoms with Crippen molar-refractivity contribution in [2.24, 2.45) is 0 Å². The van der Waals surface area contributed by atoms with Gasteiger partial charge in [-0.05, 0) is 0 Å². The van der Waals surface area contributed by atoms with Gasteiger partial charge in [0.15, 0.2) is 0 Å². The zero-order valence-electron chi connectivity index (χ0n) is 0.408. The van der Waals surface area contributed by atoms with Crippen molar-refractivity contribution in [1.82, 2.24) is 0 Å². The predicted molar refractivity (Wildman–Crippen MR) is 28.1 cm³/mol. The molecule has 4 heavy (non-hydrogen) atoms. The number of hydrogen-bond acceptors (Lipinski definition) is 0. The molecule has 0 aromatic rings. The van der Waals surface area contributed by atoms with E-state index in [2.05, 4.69) is 0 Å². The first-order chi connectivity index (χ1) is 0. The molecule has 0 aliphatic carbocycles. The molecule has 0 nitrogen and oxygen atoms in total. The summed E-state index contributed by atoms with van der Waals surface area (Å²) in [6.07, 6.45) is 0. The van der Waals surface area contributed by atoms with Crippen molar-refractivity contribution in [2.45, 2.75) is 0 Å². The molecular formula is H7BaCaFSr. The van der Waals surface area contributed by atoms with E-state index in [0.29, 0.717) is 0 Å². The van der Waals surface area contributed by atoms with Gasteiger partial charge in [-0.3, -0.25) is 4.70 Å². The Balaban J connectivity index is 0. The molecule has 0 aliphatic heterocycles. The average Bonchev–Trinajstić information content (AvgIpc) is 0. The molecule has 0 aromatic carbocycles. The second-order valence-electron chi connectivity index (χ2n) is 0. The van der Waals surface area contributed by atoms with E-state index in [1.165, 1.54) is 0 Å². The first-order valence-electron chi connectivity index (χ1n) is 0. The maximum atomic E-state index is 0. The summed E-state index contributed by atoms with van der Waals surface area (Å²) in [7, 11) is 0. The fourth-order valence-corrected chi connectivity index (χ4v) is 0. The van der Waals surface area contributed by atoms with Crippen LogP contribution in [0.25, 0.3) is 0 Å². The third-order valence-corrected chi connectivity index (χ3v) is 0. The van der Waals surface area contributed by atoms with Gasteiger partial charge in [0, 0.05) is 0 Å². The van der Waals surface area contributed by atoms with E-state index in [4.69, 9.17) is 0 Å². The molecule has 0 atom stereocenters. The third kappa shape index (κ3) is 9.53. The van der Waals surface area contributed by atoms with Crippen LogP contribution in [0.4, 0.5) is 4.70 Å². The SMILES string of the molecule is F.[BaH2].[CaH2].[SrH2]. The zero-order chi connectivity index (χ0) is 0. The van der Waals surface area contributed by atoms with Gasteiger partial charge in [-0.1, -0.05) is 0 Å². The zero-order valence-corrected chi connectivity index (χ0v) is 0.408. The van der Waals surface area contributed by atoms with Gasteiger partial charge < -0.3 is 0 Å². The van der Waals surface area contributed by atoms with Crippen LogP contribution in [0.1, 0.15) is 0 Å². The van der Waals surface area contributed by atoms with Crippen LogP contribution in [-0.4, -0.2) is 132 Å². The third-order valence-electron chi connectivity index (χ3n) is 0. The molecule has 0 heterocycles. The van der Waals surface area contributed by atoms with E-state index in [9.17, 15) is 0 Å². The molecule has 0 aliphatic rings. The van der Waals surface area contributed by atoms with Crippen molar-refractivity contribution in [3.05, 3.63) is 0 Å². The summed E-state index contributed by atoms with van der Waals surface area (Å²) in [5.41, 5.74) is 0. The molecule has 20 valence electrons. The van der Waals surface area contributed by atoms with Crippen LogP contribution >= 0.6 is 0 Å². The van der Waals surface area contributed by atoms with Gasteiger partial charge in [-0.15, -0.1) is 0 Å². The van der Waals surface area contributed by atoms with Crippen molar-refractivity contribution < 1.29 is 4.70 Å². The number of hydrogen-bond donors (Lipinski definition) is 0. The molecule has 0 unspecified atom stereocenters. The van der Waals surface area contributed by atoms with E-state index >= 15 is 0 Å². The van der Waals surface area contributed by atoms with Crippen LogP contribution < -0.4 is 0 Å². The van der Waals surface area contributed by atoms with Gasteiger partial charge in [-0.25, -0.2) is 0 Å². The normalized spacial score (nSPS) is 0. The monoisotopic (exact) mass is 292 g/mol. The topological polar surface area (TPSA) is 0 Å². The molecule has 0 radical (unpaired) electrons. The summed E-state index contributed by atoms with van der Waals surface area (Å²) in [5, 5.41) is 0. The average molecular weight is 291 g/mol. The molecule has 0 aromatic heterocycles. The van der Waals surface area contributed by atoms with Crippen molar-refractivity contribution in [3.8, 4) is 0 Å². The van der Waals surface area contributed by atoms with Crippen LogP contribution in [0.15, 0.2) is 0 Å². The molecule has 0 amide bonds. The molecule has 0 fully saturated rings. The molecule has 0 saturated carbocycles. The van der Waals surface area contributed by atoms with Gasteiger partial charge >= 0.3 is 132 Å². The summed E-state index contributed by atoms with van der Waals surface area (Å²) in [6.45, 7) is 0. The van der Waals surface area contributed by atoms with Crippen LogP contribution in [0, 0.1) is 0 Å². The predicted octanol–water partition coefficient (Wildman–Crippen LogP) is -2.60. The quantitative estimate of drug-likeness (QED) is 0.430. The second-order valence-corrected chi connectivity index (χ2v) is 0. The Morgan fingerprint density at radius 2 is 1.00 bits per heavy atom. The van der Waals surface area contributed by atoms with Crippen LogP contribution in [0.5, 0.6) is 0 Å². The molecular weight excluding hydrogens is 284 g/mol. The maximum absolute atomic E-state index is 0. The first-order valence-corrected chi connectivity index (χ1v) is 0. The van der Waals surface area contributed by atoms with Gasteiger partial charge in [0.2, 0.25) is 0 Å². The van der Waals surface area contributed by atoms with Crippen LogP contribution in [-0.2, 0) is 0 Å². The Kier molecular flexibility index (Phi) is 94.2. The Morgan fingerprint density at radius 3 is 1.00 bits per heavy atom. The van der Waals surface area contributed by atoms with Gasteiger partial charge in [0.1, 0.15) is 0 Å². The van der Waals surface area contributed by atoms with E-state index in [0.717, 1.165) is 0 Å². The Hall–Kier alpha value is 4.24. The van der Waals surface area contributed by atoms with Crippen molar-refractivity contribution >= 4 is 132 Å². The van der Waals surface area contributed by atoms with Gasteiger partial charge in [0.05, 0.1) is 0 Å². The number of halogens is 1. The van der Waals surface area contributed by atoms with Gasteiger partial charge in [0.25, 0.3) is 0 Å². The molecule has 0 rings (SSSR count). The van der Waals surface area contributed by atoms with Crippen LogP contribution in [0.2, 0.25) is 0 Å². The summed E-state index contributed by atoms with van der Waals surface area (Å²) >= 11 is 0. The molecule has 0 spiro atoms. The van der Waals surface area contributed by atoms with Gasteiger partial charge in [-0.2, -0.15) is 0 Å². The van der Waals surface area contributed by atoms with E-state index in [1.54, 1.807) is 0 Å². The first kappa shape index (κ1) is 24.0. The second kappa shape index (κ2) is 15.7. The summed E-state index contributed by atoms with van der Waals surface area (Å²) < 4.78 is 0. The van der Waals surface area contributed by atoms with Crippen molar-refractivity contribution in [1.29, 1.82) is 0 Å². The van der Waals surface area contributed by atoms with E-state index in [-0.39, 0.29) is 137 Å². The molecule has 0 saturated heterocycles. The van der Waals surface area contributed by atoms with Crippen LogP contribution in [0.3, 0.4) is 0 Å². The number of rotatable bonds is 0. The van der Waals surface area contributed by atoms with Crippen molar-refractivity contribution in [2.75, 3.05) is 0 Å². The Labute approximate surface area is 132 Å². The fraction of sp³-hybridized carbons (Fsp3) is 0. The molecule has 0 bridgehead atoms. The summed E-state index contributed by atoms with van der Waals surface area (Å²) in [4.78, 5) is 0. The van der Waals surface area contributed by atoms with E-state index in [1.807, 2.05) is 0 Å². The molecule has 0 N–H and O–H groups in total. The standard InChI is InChI=1S/Ba.Ca.FH.Sr.6H/h;;1H;;;;;;;. The minimum absolute atomic E-state index is 0. The Bertz CT molecular complexity index is 8.00.